The van der Waals surface area contributed by atoms with Gasteiger partial charge in [-0.2, -0.15) is 5.10 Å². The number of nitrogens with one attached hydrogen (secondary N) is 2. The van der Waals surface area contributed by atoms with Crippen LogP contribution in [0.25, 0.3) is 0 Å². The van der Waals surface area contributed by atoms with Crippen molar-refractivity contribution < 1.29 is 23.5 Å². The molecule has 0 aromatic heterocycles. The van der Waals surface area contributed by atoms with Crippen molar-refractivity contribution in [1.29, 1.82) is 0 Å². The molecule has 2 N–H and O–H groups in total. The molecule has 182 valence electrons. The average molecular weight is 583 g/mol. The number of amides is 2. The van der Waals surface area contributed by atoms with Crippen LogP contribution >= 0.6 is 39.1 Å². The second-order valence-corrected chi connectivity index (χ2v) is 8.55. The third-order valence-corrected chi connectivity index (χ3v) is 5.76. The second-order valence-electron chi connectivity index (χ2n) is 6.88. The van der Waals surface area contributed by atoms with Gasteiger partial charge in [-0.15, -0.1) is 0 Å². The number of hydrogen-bond donors (Lipinski definition) is 2. The van der Waals surface area contributed by atoms with E-state index in [1.807, 2.05) is 6.92 Å². The number of nitrogens with zero attached hydrogens (tertiary/aromatic N) is 1. The molecule has 0 saturated heterocycles. The molecule has 0 unspecified atom stereocenters. The molecule has 0 saturated carbocycles. The quantitative estimate of drug-likeness (QED) is 0.195. The number of rotatable bonds is 8. The van der Waals surface area contributed by atoms with E-state index in [1.165, 1.54) is 24.4 Å². The monoisotopic (exact) mass is 581 g/mol. The topological polar surface area (TPSA) is 89.0 Å². The number of hydrogen-bond acceptors (Lipinski definition) is 5. The van der Waals surface area contributed by atoms with Gasteiger partial charge in [0.1, 0.15) is 12.4 Å². The summed E-state index contributed by atoms with van der Waals surface area (Å²) in [6.45, 7) is 2.29. The molecule has 0 fully saturated rings. The molecule has 0 aliphatic rings. The Kier molecular flexibility index (Phi) is 9.47. The van der Waals surface area contributed by atoms with Gasteiger partial charge < -0.3 is 14.8 Å². The van der Waals surface area contributed by atoms with E-state index in [0.29, 0.717) is 43.8 Å². The summed E-state index contributed by atoms with van der Waals surface area (Å²) < 4.78 is 25.8. The zero-order valence-electron chi connectivity index (χ0n) is 18.3. The molecular weight excluding hydrogens is 564 g/mol. The summed E-state index contributed by atoms with van der Waals surface area (Å²) in [5.41, 5.74) is 3.15. The van der Waals surface area contributed by atoms with Crippen molar-refractivity contribution in [3.8, 4) is 11.5 Å². The Labute approximate surface area is 219 Å². The van der Waals surface area contributed by atoms with Crippen LogP contribution in [0.3, 0.4) is 0 Å². The highest BCUT2D eigenvalue weighted by molar-refractivity contribution is 9.10. The Balaban J connectivity index is 1.69. The fourth-order valence-electron chi connectivity index (χ4n) is 2.84. The molecule has 3 rings (SSSR count). The largest absolute Gasteiger partial charge is 0.490 e. The van der Waals surface area contributed by atoms with Crippen LogP contribution in [0.4, 0.5) is 10.1 Å². The molecule has 0 aliphatic carbocycles. The van der Waals surface area contributed by atoms with E-state index in [4.69, 9.17) is 32.7 Å². The molecule has 0 radical (unpaired) electrons. The lowest BCUT2D eigenvalue weighted by atomic mass is 10.2. The lowest BCUT2D eigenvalue weighted by Gasteiger charge is -2.15. The van der Waals surface area contributed by atoms with E-state index in [0.717, 1.165) is 6.07 Å². The normalized spacial score (nSPS) is 10.8. The smallest absolute Gasteiger partial charge is 0.329 e. The molecule has 0 aliphatic heterocycles. The molecule has 0 atom stereocenters. The van der Waals surface area contributed by atoms with Crippen molar-refractivity contribution >= 4 is 62.8 Å². The number of hydrazone groups is 1. The van der Waals surface area contributed by atoms with Gasteiger partial charge in [0.15, 0.2) is 11.5 Å². The summed E-state index contributed by atoms with van der Waals surface area (Å²) in [5.74, 6) is -1.96. The van der Waals surface area contributed by atoms with Crippen molar-refractivity contribution in [3.63, 3.8) is 0 Å². The third kappa shape index (κ3) is 7.17. The minimum absolute atomic E-state index is 0.109. The summed E-state index contributed by atoms with van der Waals surface area (Å²) in [4.78, 5) is 23.9. The van der Waals surface area contributed by atoms with Crippen LogP contribution in [0, 0.1) is 5.82 Å². The predicted molar refractivity (Wildman–Crippen MR) is 137 cm³/mol. The fraction of sp³-hybridized carbons (Fsp3) is 0.125. The van der Waals surface area contributed by atoms with Crippen LogP contribution in [0.2, 0.25) is 10.0 Å². The van der Waals surface area contributed by atoms with Crippen LogP contribution in [0.1, 0.15) is 18.1 Å². The van der Waals surface area contributed by atoms with Crippen LogP contribution in [0.15, 0.2) is 64.2 Å². The maximum Gasteiger partial charge on any atom is 0.329 e. The zero-order valence-corrected chi connectivity index (χ0v) is 21.4. The SMILES string of the molecule is CCOc1cc(/C=N/NC(=O)C(=O)Nc2ccccc2F)cc(Br)c1OCc1c(Cl)cccc1Cl. The summed E-state index contributed by atoms with van der Waals surface area (Å²) in [6.07, 6.45) is 1.32. The van der Waals surface area contributed by atoms with E-state index in [-0.39, 0.29) is 12.3 Å². The van der Waals surface area contributed by atoms with Crippen LogP contribution in [0.5, 0.6) is 11.5 Å². The molecule has 3 aromatic carbocycles. The van der Waals surface area contributed by atoms with Crippen molar-refractivity contribution in [2.45, 2.75) is 13.5 Å². The number of carbonyl (C=O) groups is 2. The second kappa shape index (κ2) is 12.5. The molecule has 2 amide bonds. The van der Waals surface area contributed by atoms with Crippen molar-refractivity contribution in [2.75, 3.05) is 11.9 Å². The number of anilines is 1. The van der Waals surface area contributed by atoms with Gasteiger partial charge in [-0.1, -0.05) is 41.4 Å². The number of halogens is 4. The highest BCUT2D eigenvalue weighted by Crippen LogP contribution is 2.38. The minimum Gasteiger partial charge on any atom is -0.490 e. The molecular formula is C24H19BrCl2FN3O4. The molecule has 3 aromatic rings. The Morgan fingerprint density at radius 3 is 2.46 bits per heavy atom. The first-order chi connectivity index (χ1) is 16.8. The van der Waals surface area contributed by atoms with E-state index in [1.54, 1.807) is 30.3 Å². The van der Waals surface area contributed by atoms with Crippen molar-refractivity contribution in [2.24, 2.45) is 5.10 Å². The number of benzene rings is 3. The number of ether oxygens (including phenoxy) is 2. The van der Waals surface area contributed by atoms with Crippen LogP contribution in [-0.4, -0.2) is 24.6 Å². The van der Waals surface area contributed by atoms with Gasteiger partial charge in [-0.3, -0.25) is 9.59 Å². The lowest BCUT2D eigenvalue weighted by Crippen LogP contribution is -2.32. The van der Waals surface area contributed by atoms with E-state index >= 15 is 0 Å². The molecule has 0 bridgehead atoms. The van der Waals surface area contributed by atoms with Crippen LogP contribution in [-0.2, 0) is 16.2 Å². The maximum atomic E-state index is 13.6. The summed E-state index contributed by atoms with van der Waals surface area (Å²) in [5, 5.41) is 6.91. The molecule has 0 spiro atoms. The average Bonchev–Trinajstić information content (AvgIpc) is 2.81. The summed E-state index contributed by atoms with van der Waals surface area (Å²) in [6, 6.07) is 14.0. The number of para-hydroxylation sites is 1. The Morgan fingerprint density at radius 1 is 1.06 bits per heavy atom. The first kappa shape index (κ1) is 26.5. The summed E-state index contributed by atoms with van der Waals surface area (Å²) in [7, 11) is 0. The highest BCUT2D eigenvalue weighted by Gasteiger charge is 2.16. The van der Waals surface area contributed by atoms with Crippen molar-refractivity contribution in [3.05, 3.63) is 86.1 Å². The van der Waals surface area contributed by atoms with Crippen molar-refractivity contribution in [1.82, 2.24) is 5.43 Å². The molecule has 7 nitrogen and oxygen atoms in total. The maximum absolute atomic E-state index is 13.6. The molecule has 0 heterocycles. The van der Waals surface area contributed by atoms with E-state index < -0.39 is 17.6 Å². The zero-order chi connectivity index (χ0) is 25.4. The van der Waals surface area contributed by atoms with Gasteiger partial charge in [-0.25, -0.2) is 9.82 Å². The van der Waals surface area contributed by atoms with Gasteiger partial charge >= 0.3 is 11.8 Å². The third-order valence-electron chi connectivity index (χ3n) is 4.46. The first-order valence-electron chi connectivity index (χ1n) is 10.2. The first-order valence-corrected chi connectivity index (χ1v) is 11.8. The molecule has 11 heteroatoms. The Hall–Kier alpha value is -3.14. The van der Waals surface area contributed by atoms with Crippen LogP contribution < -0.4 is 20.2 Å². The highest BCUT2D eigenvalue weighted by atomic mass is 79.9. The Bertz CT molecular complexity index is 1250. The summed E-state index contributed by atoms with van der Waals surface area (Å²) >= 11 is 15.9. The van der Waals surface area contributed by atoms with Gasteiger partial charge in [-0.05, 0) is 64.8 Å². The van der Waals surface area contributed by atoms with Gasteiger partial charge in [0.05, 0.1) is 23.0 Å². The van der Waals surface area contributed by atoms with E-state index in [2.05, 4.69) is 31.8 Å². The minimum atomic E-state index is -1.06. The lowest BCUT2D eigenvalue weighted by molar-refractivity contribution is -0.136. The van der Waals surface area contributed by atoms with E-state index in [9.17, 15) is 14.0 Å². The fourth-order valence-corrected chi connectivity index (χ4v) is 3.92. The van der Waals surface area contributed by atoms with Gasteiger partial charge in [0, 0.05) is 15.6 Å². The molecule has 35 heavy (non-hydrogen) atoms. The standard InChI is InChI=1S/C24H19BrCl2FN3O4/c1-2-34-21-11-14(10-16(25)22(21)35-13-15-17(26)6-5-7-18(15)27)12-29-31-24(33)23(32)30-20-9-4-3-8-19(20)28/h3-12H,2,13H2,1H3,(H,30,32)(H,31,33)/b29-12+. The predicted octanol–water partition coefficient (Wildman–Crippen LogP) is 5.96. The number of carbonyl (C=O) groups excluding carboxylic acids is 2. The van der Waals surface area contributed by atoms with Gasteiger partial charge in [0.25, 0.3) is 0 Å². The van der Waals surface area contributed by atoms with Gasteiger partial charge in [0.2, 0.25) is 0 Å². The Morgan fingerprint density at radius 2 is 1.77 bits per heavy atom.